The lowest BCUT2D eigenvalue weighted by Gasteiger charge is -2.41. The summed E-state index contributed by atoms with van der Waals surface area (Å²) in [5.41, 5.74) is 2.69. The highest BCUT2D eigenvalue weighted by Gasteiger charge is 2.31. The normalized spacial score (nSPS) is 29.8. The van der Waals surface area contributed by atoms with Crippen molar-refractivity contribution in [2.45, 2.75) is 57.5 Å². The Morgan fingerprint density at radius 1 is 1.15 bits per heavy atom. The van der Waals surface area contributed by atoms with Crippen molar-refractivity contribution in [2.24, 2.45) is 5.92 Å². The van der Waals surface area contributed by atoms with E-state index < -0.39 is 0 Å². The van der Waals surface area contributed by atoms with Crippen LogP contribution in [0.3, 0.4) is 0 Å². The van der Waals surface area contributed by atoms with Gasteiger partial charge in [-0.3, -0.25) is 0 Å². The van der Waals surface area contributed by atoms with Crippen LogP contribution in [0.1, 0.15) is 44.1 Å². The molecular weight excluding hydrogens is 244 g/mol. The van der Waals surface area contributed by atoms with Crippen LogP contribution >= 0.6 is 0 Å². The summed E-state index contributed by atoms with van der Waals surface area (Å²) in [5.74, 6) is 0.962. The van der Waals surface area contributed by atoms with Crippen molar-refractivity contribution in [2.75, 3.05) is 18.5 Å². The molecule has 1 aliphatic carbocycles. The minimum Gasteiger partial charge on any atom is -0.373 e. The summed E-state index contributed by atoms with van der Waals surface area (Å²) < 4.78 is 0. The standard InChI is InChI=1S/C18H28N2/c1-14-6-5-8-17(12-14)20(2)13-16-11-10-15-7-3-4-9-18(15)19-16/h5-6,8,12,15-16,18-19H,3-4,7,9-11,13H2,1-2H3. The summed E-state index contributed by atoms with van der Waals surface area (Å²) in [7, 11) is 2.23. The Bertz CT molecular complexity index is 443. The van der Waals surface area contributed by atoms with Crippen molar-refractivity contribution in [1.82, 2.24) is 5.32 Å². The van der Waals surface area contributed by atoms with E-state index in [9.17, 15) is 0 Å². The fourth-order valence-electron chi connectivity index (χ4n) is 4.02. The molecule has 1 aromatic carbocycles. The molecule has 1 saturated carbocycles. The fourth-order valence-corrected chi connectivity index (χ4v) is 4.02. The van der Waals surface area contributed by atoms with Crippen molar-refractivity contribution in [3.8, 4) is 0 Å². The molecule has 2 fully saturated rings. The maximum absolute atomic E-state index is 3.93. The highest BCUT2D eigenvalue weighted by molar-refractivity contribution is 5.47. The maximum Gasteiger partial charge on any atom is 0.0366 e. The van der Waals surface area contributed by atoms with Gasteiger partial charge in [-0.2, -0.15) is 0 Å². The van der Waals surface area contributed by atoms with E-state index >= 15 is 0 Å². The number of aryl methyl sites for hydroxylation is 1. The van der Waals surface area contributed by atoms with Gasteiger partial charge in [-0.1, -0.05) is 25.0 Å². The molecule has 1 N–H and O–H groups in total. The lowest BCUT2D eigenvalue weighted by molar-refractivity contribution is 0.178. The van der Waals surface area contributed by atoms with Gasteiger partial charge in [0, 0.05) is 31.4 Å². The van der Waals surface area contributed by atoms with E-state index in [1.807, 2.05) is 0 Å². The second kappa shape index (κ2) is 6.17. The largest absolute Gasteiger partial charge is 0.373 e. The highest BCUT2D eigenvalue weighted by atomic mass is 15.1. The van der Waals surface area contributed by atoms with Crippen molar-refractivity contribution >= 4 is 5.69 Å². The Hall–Kier alpha value is -1.02. The summed E-state index contributed by atoms with van der Waals surface area (Å²) in [4.78, 5) is 2.41. The average molecular weight is 272 g/mol. The molecule has 2 nitrogen and oxygen atoms in total. The Morgan fingerprint density at radius 3 is 2.85 bits per heavy atom. The Balaban J connectivity index is 1.58. The van der Waals surface area contributed by atoms with E-state index in [0.717, 1.165) is 18.5 Å². The zero-order valence-electron chi connectivity index (χ0n) is 12.9. The molecule has 1 heterocycles. The van der Waals surface area contributed by atoms with E-state index in [2.05, 4.69) is 48.5 Å². The lowest BCUT2D eigenvalue weighted by atomic mass is 9.78. The van der Waals surface area contributed by atoms with Crippen LogP contribution in [0.25, 0.3) is 0 Å². The summed E-state index contributed by atoms with van der Waals surface area (Å²) in [6.45, 7) is 3.30. The topological polar surface area (TPSA) is 15.3 Å². The van der Waals surface area contributed by atoms with E-state index in [0.29, 0.717) is 6.04 Å². The minimum absolute atomic E-state index is 0.667. The number of rotatable bonds is 3. The average Bonchev–Trinajstić information content (AvgIpc) is 2.47. The van der Waals surface area contributed by atoms with Gasteiger partial charge in [0.25, 0.3) is 0 Å². The van der Waals surface area contributed by atoms with Crippen LogP contribution in [0.4, 0.5) is 5.69 Å². The van der Waals surface area contributed by atoms with Crippen molar-refractivity contribution in [1.29, 1.82) is 0 Å². The molecule has 2 aliphatic rings. The van der Waals surface area contributed by atoms with Crippen LogP contribution < -0.4 is 10.2 Å². The SMILES string of the molecule is Cc1cccc(N(C)CC2CCC3CCCCC3N2)c1. The first kappa shape index (κ1) is 13.9. The Kier molecular flexibility index (Phi) is 4.30. The van der Waals surface area contributed by atoms with Gasteiger partial charge in [-0.15, -0.1) is 0 Å². The van der Waals surface area contributed by atoms with Crippen LogP contribution in [0.15, 0.2) is 24.3 Å². The maximum atomic E-state index is 3.93. The summed E-state index contributed by atoms with van der Waals surface area (Å²) >= 11 is 0. The minimum atomic E-state index is 0.667. The first-order valence-electron chi connectivity index (χ1n) is 8.26. The third-order valence-corrected chi connectivity index (χ3v) is 5.18. The number of piperidine rings is 1. The molecule has 3 unspecified atom stereocenters. The number of benzene rings is 1. The Labute approximate surface area is 123 Å². The van der Waals surface area contributed by atoms with Crippen molar-refractivity contribution in [3.05, 3.63) is 29.8 Å². The summed E-state index contributed by atoms with van der Waals surface area (Å²) in [6, 6.07) is 10.3. The van der Waals surface area contributed by atoms with E-state index in [1.54, 1.807) is 0 Å². The lowest BCUT2D eigenvalue weighted by Crippen LogP contribution is -2.52. The predicted molar refractivity (Wildman–Crippen MR) is 86.4 cm³/mol. The third-order valence-electron chi connectivity index (χ3n) is 5.18. The molecule has 0 spiro atoms. The molecule has 0 amide bonds. The first-order chi connectivity index (χ1) is 9.72. The van der Waals surface area contributed by atoms with Gasteiger partial charge in [0.05, 0.1) is 0 Å². The smallest absolute Gasteiger partial charge is 0.0366 e. The highest BCUT2D eigenvalue weighted by Crippen LogP contribution is 2.32. The van der Waals surface area contributed by atoms with Gasteiger partial charge >= 0.3 is 0 Å². The van der Waals surface area contributed by atoms with Crippen LogP contribution in [0.2, 0.25) is 0 Å². The molecule has 2 heteroatoms. The molecule has 1 aliphatic heterocycles. The Morgan fingerprint density at radius 2 is 2.00 bits per heavy atom. The molecule has 0 bridgehead atoms. The number of nitrogens with one attached hydrogen (secondary N) is 1. The van der Waals surface area contributed by atoms with Crippen molar-refractivity contribution in [3.63, 3.8) is 0 Å². The van der Waals surface area contributed by atoms with Gasteiger partial charge in [0.2, 0.25) is 0 Å². The van der Waals surface area contributed by atoms with E-state index in [1.165, 1.54) is 49.8 Å². The van der Waals surface area contributed by atoms with Gasteiger partial charge in [-0.25, -0.2) is 0 Å². The van der Waals surface area contributed by atoms with Crippen LogP contribution in [0, 0.1) is 12.8 Å². The van der Waals surface area contributed by atoms with Crippen LogP contribution in [-0.4, -0.2) is 25.7 Å². The quantitative estimate of drug-likeness (QED) is 0.901. The summed E-state index contributed by atoms with van der Waals surface area (Å²) in [6.07, 6.45) is 8.51. The van der Waals surface area contributed by atoms with Gasteiger partial charge < -0.3 is 10.2 Å². The van der Waals surface area contributed by atoms with Crippen molar-refractivity contribution < 1.29 is 0 Å². The number of nitrogens with zero attached hydrogens (tertiary/aromatic N) is 1. The molecular formula is C18H28N2. The number of hydrogen-bond donors (Lipinski definition) is 1. The number of hydrogen-bond acceptors (Lipinski definition) is 2. The summed E-state index contributed by atoms with van der Waals surface area (Å²) in [5, 5.41) is 3.93. The monoisotopic (exact) mass is 272 g/mol. The molecule has 110 valence electrons. The molecule has 20 heavy (non-hydrogen) atoms. The van der Waals surface area contributed by atoms with Crippen LogP contribution in [0.5, 0.6) is 0 Å². The third kappa shape index (κ3) is 3.17. The second-order valence-corrected chi connectivity index (χ2v) is 6.81. The van der Waals surface area contributed by atoms with Gasteiger partial charge in [0.1, 0.15) is 0 Å². The molecule has 1 aromatic rings. The second-order valence-electron chi connectivity index (χ2n) is 6.81. The predicted octanol–water partition coefficient (Wildman–Crippen LogP) is 3.74. The van der Waals surface area contributed by atoms with Gasteiger partial charge in [0.15, 0.2) is 0 Å². The molecule has 0 radical (unpaired) electrons. The number of anilines is 1. The van der Waals surface area contributed by atoms with Gasteiger partial charge in [-0.05, 0) is 56.2 Å². The molecule has 0 aromatic heterocycles. The first-order valence-corrected chi connectivity index (χ1v) is 8.26. The fraction of sp³-hybridized carbons (Fsp3) is 0.667. The van der Waals surface area contributed by atoms with Crippen LogP contribution in [-0.2, 0) is 0 Å². The molecule has 3 rings (SSSR count). The zero-order valence-corrected chi connectivity index (χ0v) is 12.9. The number of likely N-dealkylation sites (N-methyl/N-ethyl adjacent to an activating group) is 1. The molecule has 1 saturated heterocycles. The van der Waals surface area contributed by atoms with E-state index in [-0.39, 0.29) is 0 Å². The number of fused-ring (bicyclic) bond motifs is 1. The molecule has 3 atom stereocenters. The van der Waals surface area contributed by atoms with E-state index in [4.69, 9.17) is 0 Å². The zero-order chi connectivity index (χ0) is 13.9.